The SMILES string of the molecule is CNC(=O)c1ccc(C(CO)NCC(C)C)cc1. The minimum atomic E-state index is -0.0998. The van der Waals surface area contributed by atoms with Gasteiger partial charge in [0.15, 0.2) is 0 Å². The molecule has 4 nitrogen and oxygen atoms in total. The summed E-state index contributed by atoms with van der Waals surface area (Å²) in [6, 6.07) is 7.21. The molecule has 1 aromatic carbocycles. The van der Waals surface area contributed by atoms with E-state index in [9.17, 15) is 9.90 Å². The van der Waals surface area contributed by atoms with Crippen molar-refractivity contribution in [3.63, 3.8) is 0 Å². The van der Waals surface area contributed by atoms with Crippen molar-refractivity contribution in [3.8, 4) is 0 Å². The third kappa shape index (κ3) is 4.13. The van der Waals surface area contributed by atoms with Crippen LogP contribution in [0.1, 0.15) is 35.8 Å². The highest BCUT2D eigenvalue weighted by Crippen LogP contribution is 2.14. The van der Waals surface area contributed by atoms with Crippen molar-refractivity contribution in [3.05, 3.63) is 35.4 Å². The topological polar surface area (TPSA) is 61.4 Å². The molecule has 1 atom stereocenters. The number of amides is 1. The molecule has 0 saturated carbocycles. The van der Waals surface area contributed by atoms with Crippen molar-refractivity contribution < 1.29 is 9.90 Å². The number of benzene rings is 1. The van der Waals surface area contributed by atoms with E-state index in [1.165, 1.54) is 0 Å². The normalized spacial score (nSPS) is 12.5. The van der Waals surface area contributed by atoms with Crippen molar-refractivity contribution in [1.29, 1.82) is 0 Å². The number of carbonyl (C=O) groups is 1. The lowest BCUT2D eigenvalue weighted by Crippen LogP contribution is -2.28. The van der Waals surface area contributed by atoms with Gasteiger partial charge in [-0.2, -0.15) is 0 Å². The summed E-state index contributed by atoms with van der Waals surface area (Å²) in [4.78, 5) is 11.4. The molecule has 0 aliphatic rings. The van der Waals surface area contributed by atoms with E-state index in [0.29, 0.717) is 11.5 Å². The van der Waals surface area contributed by atoms with E-state index in [4.69, 9.17) is 0 Å². The minimum absolute atomic E-state index is 0.0477. The Morgan fingerprint density at radius 1 is 1.28 bits per heavy atom. The zero-order valence-electron chi connectivity index (χ0n) is 11.2. The van der Waals surface area contributed by atoms with Gasteiger partial charge in [0.1, 0.15) is 0 Å². The lowest BCUT2D eigenvalue weighted by molar-refractivity contribution is 0.0963. The molecule has 3 N–H and O–H groups in total. The molecule has 0 aromatic heterocycles. The maximum Gasteiger partial charge on any atom is 0.251 e. The van der Waals surface area contributed by atoms with Crippen LogP contribution in [0, 0.1) is 5.92 Å². The number of carbonyl (C=O) groups excluding carboxylic acids is 1. The Bertz CT molecular complexity index is 374. The van der Waals surface area contributed by atoms with E-state index in [-0.39, 0.29) is 18.6 Å². The molecule has 0 radical (unpaired) electrons. The summed E-state index contributed by atoms with van der Waals surface area (Å²) in [5.74, 6) is 0.432. The number of hydrogen-bond acceptors (Lipinski definition) is 3. The monoisotopic (exact) mass is 250 g/mol. The quantitative estimate of drug-likeness (QED) is 0.713. The van der Waals surface area contributed by atoms with Gasteiger partial charge in [0, 0.05) is 12.6 Å². The minimum Gasteiger partial charge on any atom is -0.394 e. The molecule has 4 heteroatoms. The number of aliphatic hydroxyl groups excluding tert-OH is 1. The molecular formula is C14H22N2O2. The summed E-state index contributed by atoms with van der Waals surface area (Å²) < 4.78 is 0. The number of nitrogens with one attached hydrogen (secondary N) is 2. The summed E-state index contributed by atoms with van der Waals surface area (Å²) in [6.45, 7) is 5.14. The number of hydrogen-bond donors (Lipinski definition) is 3. The van der Waals surface area contributed by atoms with Crippen molar-refractivity contribution >= 4 is 5.91 Å². The first kappa shape index (κ1) is 14.7. The first-order valence-corrected chi connectivity index (χ1v) is 6.24. The van der Waals surface area contributed by atoms with Crippen LogP contribution in [0.25, 0.3) is 0 Å². The summed E-state index contributed by atoms with van der Waals surface area (Å²) >= 11 is 0. The predicted molar refractivity (Wildman–Crippen MR) is 72.5 cm³/mol. The standard InChI is InChI=1S/C14H22N2O2/c1-10(2)8-16-13(9-17)11-4-6-12(7-5-11)14(18)15-3/h4-7,10,13,16-17H,8-9H2,1-3H3,(H,15,18). The fourth-order valence-corrected chi connectivity index (χ4v) is 1.68. The fraction of sp³-hybridized carbons (Fsp3) is 0.500. The van der Waals surface area contributed by atoms with E-state index >= 15 is 0 Å². The van der Waals surface area contributed by atoms with Gasteiger partial charge in [-0.1, -0.05) is 26.0 Å². The molecule has 1 rings (SSSR count). The Hall–Kier alpha value is -1.39. The van der Waals surface area contributed by atoms with Gasteiger partial charge in [-0.25, -0.2) is 0 Å². The van der Waals surface area contributed by atoms with Gasteiger partial charge in [-0.05, 0) is 30.2 Å². The molecule has 0 spiro atoms. The van der Waals surface area contributed by atoms with Gasteiger partial charge < -0.3 is 15.7 Å². The Morgan fingerprint density at radius 3 is 2.33 bits per heavy atom. The third-order valence-electron chi connectivity index (χ3n) is 2.76. The zero-order valence-corrected chi connectivity index (χ0v) is 11.2. The van der Waals surface area contributed by atoms with E-state index in [0.717, 1.165) is 12.1 Å². The predicted octanol–water partition coefficient (Wildman–Crippen LogP) is 1.33. The van der Waals surface area contributed by atoms with Gasteiger partial charge in [0.05, 0.1) is 12.6 Å². The maximum atomic E-state index is 11.4. The molecule has 0 saturated heterocycles. The first-order valence-electron chi connectivity index (χ1n) is 6.24. The van der Waals surface area contributed by atoms with Crippen LogP contribution in [-0.2, 0) is 0 Å². The van der Waals surface area contributed by atoms with Crippen LogP contribution in [0.4, 0.5) is 0 Å². The summed E-state index contributed by atoms with van der Waals surface area (Å²) in [5.41, 5.74) is 1.62. The molecule has 0 fully saturated rings. The highest BCUT2D eigenvalue weighted by molar-refractivity contribution is 5.93. The third-order valence-corrected chi connectivity index (χ3v) is 2.76. The molecule has 0 bridgehead atoms. The second-order valence-electron chi connectivity index (χ2n) is 4.74. The molecule has 0 aliphatic carbocycles. The summed E-state index contributed by atoms with van der Waals surface area (Å²) in [6.07, 6.45) is 0. The van der Waals surface area contributed by atoms with Crippen molar-refractivity contribution in [2.75, 3.05) is 20.2 Å². The van der Waals surface area contributed by atoms with Crippen molar-refractivity contribution in [1.82, 2.24) is 10.6 Å². The van der Waals surface area contributed by atoms with Crippen molar-refractivity contribution in [2.45, 2.75) is 19.9 Å². The molecule has 1 unspecified atom stereocenters. The van der Waals surface area contributed by atoms with Crippen LogP contribution in [0.3, 0.4) is 0 Å². The molecule has 1 amide bonds. The van der Waals surface area contributed by atoms with Gasteiger partial charge in [-0.15, -0.1) is 0 Å². The Labute approximate surface area is 108 Å². The van der Waals surface area contributed by atoms with Gasteiger partial charge in [0.2, 0.25) is 0 Å². The smallest absolute Gasteiger partial charge is 0.251 e. The Balaban J connectivity index is 2.72. The van der Waals surface area contributed by atoms with Crippen LogP contribution in [0.15, 0.2) is 24.3 Å². The maximum absolute atomic E-state index is 11.4. The molecule has 1 aromatic rings. The largest absolute Gasteiger partial charge is 0.394 e. The van der Waals surface area contributed by atoms with Gasteiger partial charge in [-0.3, -0.25) is 4.79 Å². The number of rotatable bonds is 6. The fourth-order valence-electron chi connectivity index (χ4n) is 1.68. The van der Waals surface area contributed by atoms with Crippen molar-refractivity contribution in [2.24, 2.45) is 5.92 Å². The highest BCUT2D eigenvalue weighted by atomic mass is 16.3. The lowest BCUT2D eigenvalue weighted by atomic mass is 10.0. The average molecular weight is 250 g/mol. The van der Waals surface area contributed by atoms with E-state index < -0.39 is 0 Å². The molecule has 0 heterocycles. The number of aliphatic hydroxyl groups is 1. The molecule has 0 aliphatic heterocycles. The summed E-state index contributed by atoms with van der Waals surface area (Å²) in [7, 11) is 1.61. The second kappa shape index (κ2) is 7.13. The van der Waals surface area contributed by atoms with Crippen LogP contribution in [-0.4, -0.2) is 31.2 Å². The Morgan fingerprint density at radius 2 is 1.89 bits per heavy atom. The van der Waals surface area contributed by atoms with Crippen LogP contribution in [0.2, 0.25) is 0 Å². The van der Waals surface area contributed by atoms with E-state index in [2.05, 4.69) is 24.5 Å². The first-order chi connectivity index (χ1) is 8.58. The lowest BCUT2D eigenvalue weighted by Gasteiger charge is -2.18. The van der Waals surface area contributed by atoms with Crippen LogP contribution < -0.4 is 10.6 Å². The second-order valence-corrected chi connectivity index (χ2v) is 4.74. The van der Waals surface area contributed by atoms with Gasteiger partial charge >= 0.3 is 0 Å². The molecular weight excluding hydrogens is 228 g/mol. The zero-order chi connectivity index (χ0) is 13.5. The van der Waals surface area contributed by atoms with Crippen LogP contribution >= 0.6 is 0 Å². The Kier molecular flexibility index (Phi) is 5.82. The summed E-state index contributed by atoms with van der Waals surface area (Å²) in [5, 5.41) is 15.3. The van der Waals surface area contributed by atoms with Crippen LogP contribution in [0.5, 0.6) is 0 Å². The van der Waals surface area contributed by atoms with Gasteiger partial charge in [0.25, 0.3) is 5.91 Å². The highest BCUT2D eigenvalue weighted by Gasteiger charge is 2.11. The molecule has 18 heavy (non-hydrogen) atoms. The average Bonchev–Trinajstić information content (AvgIpc) is 2.39. The van der Waals surface area contributed by atoms with E-state index in [1.807, 2.05) is 12.1 Å². The van der Waals surface area contributed by atoms with E-state index in [1.54, 1.807) is 19.2 Å². The molecule has 100 valence electrons.